The van der Waals surface area contributed by atoms with Gasteiger partial charge in [-0.05, 0) is 30.1 Å². The topological polar surface area (TPSA) is 85.2 Å². The molecule has 30 heavy (non-hydrogen) atoms. The molecule has 1 unspecified atom stereocenters. The summed E-state index contributed by atoms with van der Waals surface area (Å²) in [5.41, 5.74) is 8.32. The predicted molar refractivity (Wildman–Crippen MR) is 118 cm³/mol. The van der Waals surface area contributed by atoms with Crippen LogP contribution in [0.5, 0.6) is 0 Å². The van der Waals surface area contributed by atoms with Gasteiger partial charge >= 0.3 is 0 Å². The lowest BCUT2D eigenvalue weighted by Crippen LogP contribution is -2.44. The number of amides is 1. The van der Waals surface area contributed by atoms with Gasteiger partial charge in [0.05, 0.1) is 6.20 Å². The van der Waals surface area contributed by atoms with E-state index in [-0.39, 0.29) is 18.2 Å². The number of carbonyl (C=O) groups excluding carboxylic acids is 1. The number of rotatable bonds is 10. The minimum Gasteiger partial charge on any atom is -0.370 e. The van der Waals surface area contributed by atoms with E-state index in [1.807, 2.05) is 30.3 Å². The maximum Gasteiger partial charge on any atom is 0.218 e. The van der Waals surface area contributed by atoms with Gasteiger partial charge in [-0.2, -0.15) is 0 Å². The van der Waals surface area contributed by atoms with Crippen molar-refractivity contribution in [3.05, 3.63) is 71.9 Å². The molecule has 2 N–H and O–H groups in total. The van der Waals surface area contributed by atoms with E-state index in [1.165, 1.54) is 0 Å². The van der Waals surface area contributed by atoms with Crippen LogP contribution in [0, 0.1) is 5.92 Å². The molecular formula is C24H30N4O2. The largest absolute Gasteiger partial charge is 0.370 e. The highest BCUT2D eigenvalue weighted by Gasteiger charge is 2.41. The summed E-state index contributed by atoms with van der Waals surface area (Å²) in [5.74, 6) is 0.455. The van der Waals surface area contributed by atoms with E-state index < -0.39 is 5.41 Å². The van der Waals surface area contributed by atoms with Gasteiger partial charge in [-0.25, -0.2) is 0 Å². The van der Waals surface area contributed by atoms with Crippen molar-refractivity contribution >= 4 is 5.91 Å². The molecule has 1 amide bonds. The second-order valence-electron chi connectivity index (χ2n) is 7.73. The fraction of sp³-hybridized carbons (Fsp3) is 0.375. The molecule has 0 aliphatic carbocycles. The highest BCUT2D eigenvalue weighted by molar-refractivity contribution is 5.77. The Kier molecular flexibility index (Phi) is 7.00. The predicted octanol–water partition coefficient (Wildman–Crippen LogP) is 3.88. The highest BCUT2D eigenvalue weighted by Crippen LogP contribution is 2.43. The van der Waals surface area contributed by atoms with Gasteiger partial charge in [0.25, 0.3) is 0 Å². The van der Waals surface area contributed by atoms with Gasteiger partial charge in [0.1, 0.15) is 0 Å². The minimum atomic E-state index is -0.534. The first-order valence-corrected chi connectivity index (χ1v) is 10.5. The summed E-state index contributed by atoms with van der Waals surface area (Å²) >= 11 is 0. The summed E-state index contributed by atoms with van der Waals surface area (Å²) < 4.78 is 5.18. The van der Waals surface area contributed by atoms with Crippen LogP contribution in [0.3, 0.4) is 0 Å². The molecular weight excluding hydrogens is 376 g/mol. The molecule has 0 fully saturated rings. The van der Waals surface area contributed by atoms with Gasteiger partial charge in [-0.3, -0.25) is 4.79 Å². The summed E-state index contributed by atoms with van der Waals surface area (Å²) in [6, 6.07) is 18.3. The maximum atomic E-state index is 12.3. The third-order valence-electron chi connectivity index (χ3n) is 6.06. The Morgan fingerprint density at radius 3 is 2.23 bits per heavy atom. The molecule has 2 atom stereocenters. The lowest BCUT2D eigenvalue weighted by molar-refractivity contribution is -0.119. The molecule has 158 valence electrons. The van der Waals surface area contributed by atoms with E-state index in [4.69, 9.17) is 10.3 Å². The summed E-state index contributed by atoms with van der Waals surface area (Å²) in [4.78, 5) is 14.7. The van der Waals surface area contributed by atoms with Crippen molar-refractivity contribution in [3.63, 3.8) is 0 Å². The molecule has 3 aromatic rings. The molecule has 0 saturated heterocycles. The van der Waals surface area contributed by atoms with Crippen LogP contribution in [0.2, 0.25) is 0 Å². The smallest absolute Gasteiger partial charge is 0.218 e. The number of primary amides is 1. The van der Waals surface area contributed by atoms with E-state index in [0.717, 1.165) is 36.3 Å². The van der Waals surface area contributed by atoms with Gasteiger partial charge < -0.3 is 15.2 Å². The fourth-order valence-corrected chi connectivity index (χ4v) is 4.38. The molecule has 0 spiro atoms. The number of nitrogens with zero attached hydrogens (tertiary/aromatic N) is 3. The number of benzene rings is 2. The standard InChI is InChI=1S/C24H30N4O2/c1-4-28(5-2)17-18(3)24(15-23(25)29,20-9-7-6-8-10-20)21-13-11-19(12-14-21)22-16-26-27-30-22/h6-14,16,18H,4-5,15,17H2,1-3H3,(H2,25,29)/t18?,24-/m1/s1. The fourth-order valence-electron chi connectivity index (χ4n) is 4.38. The second-order valence-corrected chi connectivity index (χ2v) is 7.73. The minimum absolute atomic E-state index is 0.157. The van der Waals surface area contributed by atoms with Crippen LogP contribution in [0.4, 0.5) is 0 Å². The molecule has 1 heterocycles. The zero-order chi connectivity index (χ0) is 21.6. The lowest BCUT2D eigenvalue weighted by atomic mass is 9.64. The van der Waals surface area contributed by atoms with Crippen LogP contribution >= 0.6 is 0 Å². The summed E-state index contributed by atoms with van der Waals surface area (Å²) in [6.07, 6.45) is 1.83. The van der Waals surface area contributed by atoms with Gasteiger partial charge in [-0.1, -0.05) is 75.4 Å². The van der Waals surface area contributed by atoms with E-state index in [0.29, 0.717) is 5.76 Å². The van der Waals surface area contributed by atoms with Crippen molar-refractivity contribution in [2.24, 2.45) is 11.7 Å². The molecule has 1 aromatic heterocycles. The van der Waals surface area contributed by atoms with Crippen LogP contribution in [-0.4, -0.2) is 40.8 Å². The Bertz CT molecular complexity index is 922. The molecule has 0 radical (unpaired) electrons. The number of hydrogen-bond donors (Lipinski definition) is 1. The maximum absolute atomic E-state index is 12.3. The SMILES string of the molecule is CCN(CC)CC(C)[C@](CC(N)=O)(c1ccccc1)c1ccc(-c2cnno2)cc1. The van der Waals surface area contributed by atoms with E-state index in [2.05, 4.69) is 60.3 Å². The van der Waals surface area contributed by atoms with Crippen LogP contribution in [0.25, 0.3) is 11.3 Å². The Balaban J connectivity index is 2.12. The summed E-state index contributed by atoms with van der Waals surface area (Å²) in [6.45, 7) is 9.31. The first-order chi connectivity index (χ1) is 14.5. The monoisotopic (exact) mass is 406 g/mol. The molecule has 6 nitrogen and oxygen atoms in total. The summed E-state index contributed by atoms with van der Waals surface area (Å²) in [5, 5.41) is 7.30. The van der Waals surface area contributed by atoms with Crippen molar-refractivity contribution in [2.45, 2.75) is 32.6 Å². The number of carbonyl (C=O) groups is 1. The molecule has 0 aliphatic rings. The molecule has 3 rings (SSSR count). The van der Waals surface area contributed by atoms with Crippen molar-refractivity contribution < 1.29 is 9.32 Å². The number of hydrogen-bond acceptors (Lipinski definition) is 5. The first kappa shape index (κ1) is 21.7. The van der Waals surface area contributed by atoms with E-state index in [1.54, 1.807) is 6.20 Å². The van der Waals surface area contributed by atoms with Gasteiger partial charge in [0, 0.05) is 29.2 Å². The normalized spacial score (nSPS) is 14.4. The average Bonchev–Trinajstić information content (AvgIpc) is 3.31. The molecule has 0 aliphatic heterocycles. The Morgan fingerprint density at radius 1 is 1.07 bits per heavy atom. The van der Waals surface area contributed by atoms with Crippen LogP contribution in [0.15, 0.2) is 65.3 Å². The Labute approximate surface area is 178 Å². The second kappa shape index (κ2) is 9.67. The van der Waals surface area contributed by atoms with Crippen molar-refractivity contribution in [1.82, 2.24) is 15.3 Å². The van der Waals surface area contributed by atoms with Gasteiger partial charge in [-0.15, -0.1) is 5.10 Å². The number of aromatic nitrogens is 2. The van der Waals surface area contributed by atoms with Gasteiger partial charge in [0.15, 0.2) is 5.76 Å². The zero-order valence-electron chi connectivity index (χ0n) is 17.9. The Morgan fingerprint density at radius 2 is 1.70 bits per heavy atom. The quantitative estimate of drug-likeness (QED) is 0.552. The third-order valence-corrected chi connectivity index (χ3v) is 6.06. The first-order valence-electron chi connectivity index (χ1n) is 10.5. The van der Waals surface area contributed by atoms with Crippen molar-refractivity contribution in [3.8, 4) is 11.3 Å². The van der Waals surface area contributed by atoms with Gasteiger partial charge in [0.2, 0.25) is 5.91 Å². The van der Waals surface area contributed by atoms with E-state index >= 15 is 0 Å². The molecule has 0 saturated carbocycles. The molecule has 2 aromatic carbocycles. The van der Waals surface area contributed by atoms with E-state index in [9.17, 15) is 4.79 Å². The lowest BCUT2D eigenvalue weighted by Gasteiger charge is -2.42. The van der Waals surface area contributed by atoms with Crippen LogP contribution < -0.4 is 5.73 Å². The molecule has 6 heteroatoms. The zero-order valence-corrected chi connectivity index (χ0v) is 17.9. The molecule has 0 bridgehead atoms. The third kappa shape index (κ3) is 4.44. The highest BCUT2D eigenvalue weighted by atomic mass is 16.5. The van der Waals surface area contributed by atoms with Crippen molar-refractivity contribution in [1.29, 1.82) is 0 Å². The number of nitrogens with two attached hydrogens (primary N) is 1. The van der Waals surface area contributed by atoms with Crippen LogP contribution in [0.1, 0.15) is 38.3 Å². The Hall–Kier alpha value is -2.99. The van der Waals surface area contributed by atoms with Crippen LogP contribution in [-0.2, 0) is 10.2 Å². The average molecular weight is 407 g/mol. The summed E-state index contributed by atoms with van der Waals surface area (Å²) in [7, 11) is 0. The van der Waals surface area contributed by atoms with Crippen molar-refractivity contribution in [2.75, 3.05) is 19.6 Å².